The predicted octanol–water partition coefficient (Wildman–Crippen LogP) is 4.42. The van der Waals surface area contributed by atoms with Crippen LogP contribution in [-0.4, -0.2) is 48.5 Å². The Morgan fingerprint density at radius 2 is 1.96 bits per heavy atom. The van der Waals surface area contributed by atoms with Gasteiger partial charge in [0, 0.05) is 31.3 Å². The van der Waals surface area contributed by atoms with Crippen LogP contribution >= 0.6 is 0 Å². The SMILES string of the molecule is CCCCCOC1=CC(=Nc2ccc(N(CC)CCO)cc2C)C(=N)CC1=N. The molecule has 0 atom stereocenters. The number of anilines is 1. The van der Waals surface area contributed by atoms with Crippen LogP contribution in [-0.2, 0) is 4.74 Å². The molecule has 152 valence electrons. The fraction of sp³-hybridized carbons (Fsp3) is 0.500. The maximum absolute atomic E-state index is 9.21. The number of likely N-dealkylation sites (N-methyl/N-ethyl adjacent to an activating group) is 1. The minimum absolute atomic E-state index is 0.117. The number of allylic oxidation sites excluding steroid dienone is 2. The Hall–Kier alpha value is -2.47. The van der Waals surface area contributed by atoms with Crippen molar-refractivity contribution < 1.29 is 9.84 Å². The maximum Gasteiger partial charge on any atom is 0.142 e. The molecule has 0 heterocycles. The Labute approximate surface area is 168 Å². The second-order valence-electron chi connectivity index (χ2n) is 6.97. The minimum Gasteiger partial charge on any atom is -0.492 e. The summed E-state index contributed by atoms with van der Waals surface area (Å²) in [6.45, 7) is 8.32. The van der Waals surface area contributed by atoms with Crippen molar-refractivity contribution in [2.45, 2.75) is 46.5 Å². The summed E-state index contributed by atoms with van der Waals surface area (Å²) < 4.78 is 5.76. The van der Waals surface area contributed by atoms with Crippen molar-refractivity contribution in [1.29, 1.82) is 10.8 Å². The molecule has 0 spiro atoms. The molecule has 1 aliphatic rings. The Balaban J connectivity index is 2.23. The van der Waals surface area contributed by atoms with Gasteiger partial charge < -0.3 is 25.6 Å². The number of aliphatic hydroxyl groups is 1. The molecule has 0 saturated heterocycles. The smallest absolute Gasteiger partial charge is 0.142 e. The number of aliphatic imine (C=N–C) groups is 1. The number of aryl methyl sites for hydroxylation is 1. The molecule has 2 rings (SSSR count). The minimum atomic E-state index is 0.117. The molecule has 0 aliphatic heterocycles. The molecule has 1 aromatic rings. The Morgan fingerprint density at radius 1 is 1.18 bits per heavy atom. The molecule has 0 bridgehead atoms. The van der Waals surface area contributed by atoms with E-state index in [0.717, 1.165) is 42.7 Å². The zero-order valence-electron chi connectivity index (χ0n) is 17.2. The summed E-state index contributed by atoms with van der Waals surface area (Å²) >= 11 is 0. The number of hydrogen-bond acceptors (Lipinski definition) is 6. The van der Waals surface area contributed by atoms with E-state index in [1.54, 1.807) is 6.08 Å². The number of unbranched alkanes of at least 4 members (excludes halogenated alkanes) is 2. The van der Waals surface area contributed by atoms with E-state index >= 15 is 0 Å². The zero-order chi connectivity index (χ0) is 20.5. The van der Waals surface area contributed by atoms with Gasteiger partial charge in [-0.25, -0.2) is 4.99 Å². The average Bonchev–Trinajstić information content (AvgIpc) is 2.67. The molecule has 6 heteroatoms. The molecule has 0 fully saturated rings. The van der Waals surface area contributed by atoms with E-state index in [2.05, 4.69) is 29.8 Å². The van der Waals surface area contributed by atoms with Gasteiger partial charge in [-0.15, -0.1) is 0 Å². The third kappa shape index (κ3) is 5.76. The standard InChI is InChI=1S/C22H32N4O2/c1-4-6-7-12-28-22-15-21(18(23)14-19(22)24)25-20-9-8-17(13-16(20)3)26(5-2)10-11-27/h8-9,13,15,23-24,27H,4-7,10-12,14H2,1-3H3. The van der Waals surface area contributed by atoms with Crippen LogP contribution in [0.4, 0.5) is 11.4 Å². The molecule has 0 saturated carbocycles. The molecular weight excluding hydrogens is 352 g/mol. The summed E-state index contributed by atoms with van der Waals surface area (Å²) in [4.78, 5) is 6.78. The molecule has 0 amide bonds. The van der Waals surface area contributed by atoms with Gasteiger partial charge in [0.25, 0.3) is 0 Å². The Morgan fingerprint density at radius 3 is 2.61 bits per heavy atom. The summed E-state index contributed by atoms with van der Waals surface area (Å²) in [5, 5.41) is 25.5. The molecule has 0 unspecified atom stereocenters. The van der Waals surface area contributed by atoms with E-state index in [9.17, 15) is 5.11 Å². The summed E-state index contributed by atoms with van der Waals surface area (Å²) in [6, 6.07) is 5.99. The largest absolute Gasteiger partial charge is 0.492 e. The first kappa shape index (κ1) is 21.8. The van der Waals surface area contributed by atoms with Gasteiger partial charge >= 0.3 is 0 Å². The summed E-state index contributed by atoms with van der Waals surface area (Å²) in [5.74, 6) is 0.528. The lowest BCUT2D eigenvalue weighted by Gasteiger charge is -2.23. The molecule has 1 aromatic carbocycles. The zero-order valence-corrected chi connectivity index (χ0v) is 17.2. The molecule has 0 radical (unpaired) electrons. The highest BCUT2D eigenvalue weighted by molar-refractivity contribution is 6.51. The lowest BCUT2D eigenvalue weighted by molar-refractivity contribution is 0.223. The first-order valence-corrected chi connectivity index (χ1v) is 10.0. The number of ether oxygens (including phenoxy) is 1. The van der Waals surface area contributed by atoms with Crippen molar-refractivity contribution in [3.05, 3.63) is 35.6 Å². The highest BCUT2D eigenvalue weighted by atomic mass is 16.5. The highest BCUT2D eigenvalue weighted by Gasteiger charge is 2.20. The molecule has 1 aliphatic carbocycles. The lowest BCUT2D eigenvalue weighted by atomic mass is 9.99. The van der Waals surface area contributed by atoms with Gasteiger partial charge in [-0.05, 0) is 44.0 Å². The summed E-state index contributed by atoms with van der Waals surface area (Å²) in [7, 11) is 0. The van der Waals surface area contributed by atoms with Crippen molar-refractivity contribution in [1.82, 2.24) is 0 Å². The lowest BCUT2D eigenvalue weighted by Crippen LogP contribution is -2.26. The van der Waals surface area contributed by atoms with E-state index in [1.165, 1.54) is 0 Å². The highest BCUT2D eigenvalue weighted by Crippen LogP contribution is 2.26. The van der Waals surface area contributed by atoms with Gasteiger partial charge in [-0.3, -0.25) is 0 Å². The third-order valence-electron chi connectivity index (χ3n) is 4.77. The first-order chi connectivity index (χ1) is 13.5. The fourth-order valence-electron chi connectivity index (χ4n) is 3.10. The van der Waals surface area contributed by atoms with E-state index in [-0.39, 0.29) is 13.0 Å². The van der Waals surface area contributed by atoms with E-state index in [1.807, 2.05) is 19.1 Å². The average molecular weight is 385 g/mol. The number of benzene rings is 1. The third-order valence-corrected chi connectivity index (χ3v) is 4.77. The number of rotatable bonds is 10. The van der Waals surface area contributed by atoms with Crippen molar-refractivity contribution in [2.75, 3.05) is 31.2 Å². The topological polar surface area (TPSA) is 92.8 Å². The van der Waals surface area contributed by atoms with Crippen LogP contribution in [0.1, 0.15) is 45.1 Å². The van der Waals surface area contributed by atoms with Crippen LogP contribution in [0.15, 0.2) is 35.0 Å². The summed E-state index contributed by atoms with van der Waals surface area (Å²) in [5.41, 5.74) is 4.10. The number of hydrogen-bond donors (Lipinski definition) is 3. The Kier molecular flexibility index (Phi) is 8.39. The van der Waals surface area contributed by atoms with Crippen molar-refractivity contribution in [3.63, 3.8) is 0 Å². The second-order valence-corrected chi connectivity index (χ2v) is 6.97. The first-order valence-electron chi connectivity index (χ1n) is 10.0. The van der Waals surface area contributed by atoms with Crippen LogP contribution in [0.3, 0.4) is 0 Å². The van der Waals surface area contributed by atoms with Crippen LogP contribution in [0.5, 0.6) is 0 Å². The monoisotopic (exact) mass is 384 g/mol. The van der Waals surface area contributed by atoms with E-state index < -0.39 is 0 Å². The maximum atomic E-state index is 9.21. The van der Waals surface area contributed by atoms with Gasteiger partial charge in [0.2, 0.25) is 0 Å². The number of nitrogens with one attached hydrogen (secondary N) is 2. The van der Waals surface area contributed by atoms with Crippen molar-refractivity contribution >= 4 is 28.5 Å². The second kappa shape index (κ2) is 10.8. The van der Waals surface area contributed by atoms with Crippen molar-refractivity contribution in [3.8, 4) is 0 Å². The van der Waals surface area contributed by atoms with Gasteiger partial charge in [0.05, 0.1) is 36.0 Å². The van der Waals surface area contributed by atoms with Crippen molar-refractivity contribution in [2.24, 2.45) is 4.99 Å². The normalized spacial score (nSPS) is 15.7. The van der Waals surface area contributed by atoms with Crippen LogP contribution in [0.25, 0.3) is 0 Å². The van der Waals surface area contributed by atoms with Gasteiger partial charge in [0.15, 0.2) is 0 Å². The molecular formula is C22H32N4O2. The quantitative estimate of drug-likeness (QED) is 0.521. The van der Waals surface area contributed by atoms with Crippen LogP contribution in [0.2, 0.25) is 0 Å². The van der Waals surface area contributed by atoms with Crippen LogP contribution < -0.4 is 4.90 Å². The molecule has 28 heavy (non-hydrogen) atoms. The Bertz CT molecular complexity index is 768. The molecule has 3 N–H and O–H groups in total. The van der Waals surface area contributed by atoms with Crippen LogP contribution in [0, 0.1) is 17.7 Å². The predicted molar refractivity (Wildman–Crippen MR) is 117 cm³/mol. The number of aliphatic hydroxyl groups excluding tert-OH is 1. The molecule has 6 nitrogen and oxygen atoms in total. The van der Waals surface area contributed by atoms with E-state index in [0.29, 0.717) is 36.0 Å². The summed E-state index contributed by atoms with van der Waals surface area (Å²) in [6.07, 6.45) is 5.16. The van der Waals surface area contributed by atoms with Gasteiger partial charge in [-0.1, -0.05) is 19.8 Å². The van der Waals surface area contributed by atoms with Gasteiger partial charge in [-0.2, -0.15) is 0 Å². The fourth-order valence-corrected chi connectivity index (χ4v) is 3.10. The number of nitrogens with zero attached hydrogens (tertiary/aromatic N) is 2. The van der Waals surface area contributed by atoms with E-state index in [4.69, 9.17) is 15.6 Å². The van der Waals surface area contributed by atoms with Gasteiger partial charge in [0.1, 0.15) is 5.76 Å². The molecule has 0 aromatic heterocycles.